The number of nitrogens with one attached hydrogen (secondary N) is 2. The Kier molecular flexibility index (Phi) is 4.93. The molecule has 112 valence electrons. The first kappa shape index (κ1) is 15.2. The van der Waals surface area contributed by atoms with Crippen LogP contribution in [0.2, 0.25) is 0 Å². The number of sulfonamides is 1. The molecule has 1 aliphatic carbocycles. The Hall–Kier alpha value is -1.21. The van der Waals surface area contributed by atoms with Crippen molar-refractivity contribution in [1.29, 1.82) is 0 Å². The summed E-state index contributed by atoms with van der Waals surface area (Å²) in [6.07, 6.45) is 6.64. The Morgan fingerprint density at radius 1 is 1.20 bits per heavy atom. The molecule has 0 radical (unpaired) electrons. The van der Waals surface area contributed by atoms with Crippen molar-refractivity contribution in [2.24, 2.45) is 5.92 Å². The normalized spacial score (nSPS) is 23.5. The largest absolute Gasteiger partial charge is 0.355 e. The zero-order valence-electron chi connectivity index (χ0n) is 12.0. The highest BCUT2D eigenvalue weighted by Crippen LogP contribution is 2.24. The molecule has 0 aromatic carbocycles. The maximum atomic E-state index is 12.2. The van der Waals surface area contributed by atoms with Crippen LogP contribution in [0.25, 0.3) is 0 Å². The zero-order chi connectivity index (χ0) is 14.6. The van der Waals surface area contributed by atoms with Crippen LogP contribution >= 0.6 is 0 Å². The molecule has 0 unspecified atom stereocenters. The van der Waals surface area contributed by atoms with Gasteiger partial charge in [0.2, 0.25) is 16.0 Å². The Labute approximate surface area is 120 Å². The van der Waals surface area contributed by atoms with Crippen LogP contribution in [0.3, 0.4) is 0 Å². The van der Waals surface area contributed by atoms with Crippen LogP contribution < -0.4 is 10.0 Å². The summed E-state index contributed by atoms with van der Waals surface area (Å²) >= 11 is 0. The van der Waals surface area contributed by atoms with Crippen LogP contribution in [-0.2, 0) is 10.0 Å². The molecule has 1 aliphatic rings. The lowest BCUT2D eigenvalue weighted by molar-refractivity contribution is 0.332. The maximum Gasteiger partial charge on any atom is 0.243 e. The third kappa shape index (κ3) is 3.89. The van der Waals surface area contributed by atoms with E-state index in [9.17, 15) is 8.42 Å². The fourth-order valence-electron chi connectivity index (χ4n) is 2.37. The van der Waals surface area contributed by atoms with Crippen LogP contribution in [-0.4, -0.2) is 31.0 Å². The molecule has 2 N–H and O–H groups in total. The molecular formula is C13H22N4O2S. The van der Waals surface area contributed by atoms with Gasteiger partial charge in [0.15, 0.2) is 0 Å². The van der Waals surface area contributed by atoms with Crippen molar-refractivity contribution >= 4 is 16.0 Å². The summed E-state index contributed by atoms with van der Waals surface area (Å²) in [5, 5.41) is 2.93. The Morgan fingerprint density at radius 3 is 2.35 bits per heavy atom. The summed E-state index contributed by atoms with van der Waals surface area (Å²) in [6, 6.07) is 0.0321. The van der Waals surface area contributed by atoms with Gasteiger partial charge in [-0.3, -0.25) is 0 Å². The lowest BCUT2D eigenvalue weighted by Gasteiger charge is -2.26. The Morgan fingerprint density at radius 2 is 1.80 bits per heavy atom. The molecule has 0 spiro atoms. The molecule has 1 heterocycles. The van der Waals surface area contributed by atoms with Crippen molar-refractivity contribution in [1.82, 2.24) is 14.7 Å². The molecule has 1 aromatic heterocycles. The fourth-order valence-corrected chi connectivity index (χ4v) is 3.56. The minimum Gasteiger partial charge on any atom is -0.355 e. The number of rotatable bonds is 5. The van der Waals surface area contributed by atoms with Crippen molar-refractivity contribution in [2.45, 2.75) is 50.5 Å². The Balaban J connectivity index is 2.02. The standard InChI is InChI=1S/C13H22N4O2S/c1-3-14-13-15-8-12(9-16-13)20(18,19)17-11-6-4-10(2)5-7-11/h8-11,17H,3-7H2,1-2H3,(H,14,15,16). The summed E-state index contributed by atoms with van der Waals surface area (Å²) in [5.41, 5.74) is 0. The Bertz CT molecular complexity index is 522. The molecule has 1 aromatic rings. The van der Waals surface area contributed by atoms with Gasteiger partial charge in [0.1, 0.15) is 4.90 Å². The van der Waals surface area contributed by atoms with Crippen molar-refractivity contribution in [3.8, 4) is 0 Å². The first-order valence-corrected chi connectivity index (χ1v) is 8.58. The van der Waals surface area contributed by atoms with Gasteiger partial charge in [-0.2, -0.15) is 0 Å². The summed E-state index contributed by atoms with van der Waals surface area (Å²) in [4.78, 5) is 8.12. The van der Waals surface area contributed by atoms with Gasteiger partial charge in [-0.25, -0.2) is 23.1 Å². The van der Waals surface area contributed by atoms with E-state index in [0.717, 1.165) is 25.7 Å². The van der Waals surface area contributed by atoms with Crippen LogP contribution in [0, 0.1) is 5.92 Å². The average molecular weight is 298 g/mol. The average Bonchev–Trinajstić information content (AvgIpc) is 2.42. The summed E-state index contributed by atoms with van der Waals surface area (Å²) in [7, 11) is -3.51. The van der Waals surface area contributed by atoms with Crippen LogP contribution in [0.15, 0.2) is 17.3 Å². The second-order valence-corrected chi connectivity index (χ2v) is 7.06. The second kappa shape index (κ2) is 6.49. The van der Waals surface area contributed by atoms with E-state index in [4.69, 9.17) is 0 Å². The van der Waals surface area contributed by atoms with E-state index in [1.807, 2.05) is 6.92 Å². The molecule has 6 nitrogen and oxygen atoms in total. The number of hydrogen-bond donors (Lipinski definition) is 2. The number of anilines is 1. The molecule has 2 rings (SSSR count). The van der Waals surface area contributed by atoms with Gasteiger partial charge in [0.25, 0.3) is 0 Å². The SMILES string of the molecule is CCNc1ncc(S(=O)(=O)NC2CCC(C)CC2)cn1. The minimum atomic E-state index is -3.51. The van der Waals surface area contributed by atoms with E-state index in [2.05, 4.69) is 26.9 Å². The van der Waals surface area contributed by atoms with Gasteiger partial charge in [-0.05, 0) is 38.5 Å². The third-order valence-corrected chi connectivity index (χ3v) is 5.09. The third-order valence-electron chi connectivity index (χ3n) is 3.61. The first-order valence-electron chi connectivity index (χ1n) is 7.09. The zero-order valence-corrected chi connectivity index (χ0v) is 12.8. The van der Waals surface area contributed by atoms with Crippen molar-refractivity contribution < 1.29 is 8.42 Å². The molecule has 1 fully saturated rings. The lowest BCUT2D eigenvalue weighted by Crippen LogP contribution is -2.37. The fraction of sp³-hybridized carbons (Fsp3) is 0.692. The van der Waals surface area contributed by atoms with Crippen LogP contribution in [0.4, 0.5) is 5.95 Å². The van der Waals surface area contributed by atoms with Gasteiger partial charge in [-0.1, -0.05) is 6.92 Å². The van der Waals surface area contributed by atoms with E-state index < -0.39 is 10.0 Å². The summed E-state index contributed by atoms with van der Waals surface area (Å²) in [6.45, 7) is 4.84. The summed E-state index contributed by atoms with van der Waals surface area (Å²) < 4.78 is 27.2. The van der Waals surface area contributed by atoms with E-state index >= 15 is 0 Å². The number of aromatic nitrogens is 2. The minimum absolute atomic E-state index is 0.0321. The van der Waals surface area contributed by atoms with Gasteiger partial charge in [0, 0.05) is 12.6 Å². The van der Waals surface area contributed by atoms with E-state index in [0.29, 0.717) is 18.4 Å². The van der Waals surface area contributed by atoms with Gasteiger partial charge < -0.3 is 5.32 Å². The topological polar surface area (TPSA) is 84.0 Å². The van der Waals surface area contributed by atoms with E-state index in [1.54, 1.807) is 0 Å². The molecule has 0 amide bonds. The van der Waals surface area contributed by atoms with Gasteiger partial charge in [0.05, 0.1) is 12.4 Å². The maximum absolute atomic E-state index is 12.2. The molecule has 0 atom stereocenters. The van der Waals surface area contributed by atoms with Gasteiger partial charge in [-0.15, -0.1) is 0 Å². The van der Waals surface area contributed by atoms with Crippen molar-refractivity contribution in [3.05, 3.63) is 12.4 Å². The highest BCUT2D eigenvalue weighted by Gasteiger charge is 2.24. The van der Waals surface area contributed by atoms with Crippen LogP contribution in [0.5, 0.6) is 0 Å². The highest BCUT2D eigenvalue weighted by atomic mass is 32.2. The summed E-state index contributed by atoms with van der Waals surface area (Å²) in [5.74, 6) is 1.14. The molecule has 20 heavy (non-hydrogen) atoms. The highest BCUT2D eigenvalue weighted by molar-refractivity contribution is 7.89. The molecule has 0 bridgehead atoms. The monoisotopic (exact) mass is 298 g/mol. The number of hydrogen-bond acceptors (Lipinski definition) is 5. The smallest absolute Gasteiger partial charge is 0.243 e. The first-order chi connectivity index (χ1) is 9.51. The molecule has 1 saturated carbocycles. The van der Waals surface area contributed by atoms with E-state index in [1.165, 1.54) is 12.4 Å². The predicted octanol–water partition coefficient (Wildman–Crippen LogP) is 1.77. The lowest BCUT2D eigenvalue weighted by atomic mass is 9.88. The molecule has 7 heteroatoms. The molecule has 0 saturated heterocycles. The van der Waals surface area contributed by atoms with E-state index in [-0.39, 0.29) is 10.9 Å². The quantitative estimate of drug-likeness (QED) is 0.865. The van der Waals surface area contributed by atoms with Crippen molar-refractivity contribution in [2.75, 3.05) is 11.9 Å². The van der Waals surface area contributed by atoms with Gasteiger partial charge >= 0.3 is 0 Å². The predicted molar refractivity (Wildman–Crippen MR) is 77.9 cm³/mol. The van der Waals surface area contributed by atoms with Crippen molar-refractivity contribution in [3.63, 3.8) is 0 Å². The number of nitrogens with zero attached hydrogens (tertiary/aromatic N) is 2. The second-order valence-electron chi connectivity index (χ2n) is 5.35. The molecular weight excluding hydrogens is 276 g/mol. The molecule has 0 aliphatic heterocycles. The van der Waals surface area contributed by atoms with Crippen LogP contribution in [0.1, 0.15) is 39.5 Å².